The lowest BCUT2D eigenvalue weighted by molar-refractivity contribution is 0.0958. The molecule has 188 valence electrons. The predicted molar refractivity (Wildman–Crippen MR) is 130 cm³/mol. The number of methoxy groups -OCH3 is 1. The van der Waals surface area contributed by atoms with Gasteiger partial charge < -0.3 is 25.0 Å². The third-order valence-corrected chi connectivity index (χ3v) is 6.22. The van der Waals surface area contributed by atoms with Gasteiger partial charge in [-0.25, -0.2) is 9.78 Å². The number of rotatable bonds is 7. The predicted octanol–water partition coefficient (Wildman–Crippen LogP) is 1.41. The highest BCUT2D eigenvalue weighted by molar-refractivity contribution is 6.00. The van der Waals surface area contributed by atoms with Gasteiger partial charge in [0.15, 0.2) is 23.1 Å². The van der Waals surface area contributed by atoms with Crippen molar-refractivity contribution in [1.82, 2.24) is 35.2 Å². The monoisotopic (exact) mass is 493 g/mol. The molecule has 1 unspecified atom stereocenters. The number of aryl methyl sites for hydroxylation is 1. The van der Waals surface area contributed by atoms with Crippen LogP contribution in [-0.4, -0.2) is 88.3 Å². The fourth-order valence-electron chi connectivity index (χ4n) is 4.41. The zero-order valence-corrected chi connectivity index (χ0v) is 20.3. The molecule has 4 heterocycles. The van der Waals surface area contributed by atoms with Gasteiger partial charge >= 0.3 is 6.03 Å². The summed E-state index contributed by atoms with van der Waals surface area (Å²) < 4.78 is 12.7. The van der Waals surface area contributed by atoms with Gasteiger partial charge in [0.05, 0.1) is 36.7 Å². The maximum absolute atomic E-state index is 13.1. The Morgan fingerprint density at radius 1 is 1.22 bits per heavy atom. The molecule has 0 spiro atoms. The Morgan fingerprint density at radius 3 is 2.78 bits per heavy atom. The van der Waals surface area contributed by atoms with E-state index >= 15 is 0 Å². The molecular formula is C23H27N9O4. The van der Waals surface area contributed by atoms with E-state index in [0.717, 1.165) is 6.42 Å². The molecule has 0 radical (unpaired) electrons. The van der Waals surface area contributed by atoms with Gasteiger partial charge in [-0.3, -0.25) is 14.4 Å². The average Bonchev–Trinajstić information content (AvgIpc) is 3.65. The molecule has 2 aliphatic heterocycles. The van der Waals surface area contributed by atoms with Crippen molar-refractivity contribution >= 4 is 29.1 Å². The molecule has 0 saturated carbocycles. The zero-order valence-electron chi connectivity index (χ0n) is 20.3. The summed E-state index contributed by atoms with van der Waals surface area (Å²) in [6.45, 7) is 2.22. The Balaban J connectivity index is 1.49. The third-order valence-electron chi connectivity index (χ3n) is 6.22. The normalized spacial score (nSPS) is 17.5. The number of aromatic nitrogens is 5. The first-order valence-corrected chi connectivity index (χ1v) is 11.6. The number of carbonyl (C=O) groups excluding carboxylic acids is 2. The number of nitrogens with zero attached hydrogens (tertiary/aromatic N) is 7. The molecule has 3 aromatic rings. The van der Waals surface area contributed by atoms with E-state index in [4.69, 9.17) is 9.47 Å². The summed E-state index contributed by atoms with van der Waals surface area (Å²) in [5.74, 6) is 0.917. The molecule has 0 bridgehead atoms. The summed E-state index contributed by atoms with van der Waals surface area (Å²) in [5, 5.41) is 18.5. The Kier molecular flexibility index (Phi) is 6.38. The van der Waals surface area contributed by atoms with Crippen LogP contribution in [0.2, 0.25) is 0 Å². The molecule has 36 heavy (non-hydrogen) atoms. The topological polar surface area (TPSA) is 140 Å². The molecular weight excluding hydrogens is 466 g/mol. The van der Waals surface area contributed by atoms with Crippen molar-refractivity contribution in [2.24, 2.45) is 7.05 Å². The maximum atomic E-state index is 13.1. The molecule has 13 nitrogen and oxygen atoms in total. The van der Waals surface area contributed by atoms with Crippen LogP contribution in [0.1, 0.15) is 16.9 Å². The summed E-state index contributed by atoms with van der Waals surface area (Å²) >= 11 is 0. The summed E-state index contributed by atoms with van der Waals surface area (Å²) in [7, 11) is 4.85. The highest BCUT2D eigenvalue weighted by atomic mass is 16.5. The number of para-hydroxylation sites is 1. The van der Waals surface area contributed by atoms with Crippen LogP contribution in [0.4, 0.5) is 22.0 Å². The molecule has 2 fully saturated rings. The van der Waals surface area contributed by atoms with Gasteiger partial charge in [0.1, 0.15) is 6.33 Å². The van der Waals surface area contributed by atoms with Crippen LogP contribution in [0.15, 0.2) is 30.6 Å². The molecule has 13 heteroatoms. The molecule has 2 saturated heterocycles. The number of benzene rings is 1. The van der Waals surface area contributed by atoms with Crippen LogP contribution >= 0.6 is 0 Å². The SMILES string of the molecule is CNC(=O)c1nnc(N2CCN(C3CCOC3)C2=O)cc1Nc1cccc(-c2ncn(C)n2)c1OC. The van der Waals surface area contributed by atoms with E-state index < -0.39 is 5.91 Å². The number of anilines is 3. The van der Waals surface area contributed by atoms with Crippen molar-refractivity contribution in [1.29, 1.82) is 0 Å². The lowest BCUT2D eigenvalue weighted by Gasteiger charge is -2.23. The second-order valence-corrected chi connectivity index (χ2v) is 8.44. The number of carbonyl (C=O) groups is 2. The zero-order chi connectivity index (χ0) is 25.2. The van der Waals surface area contributed by atoms with Crippen LogP contribution in [0.25, 0.3) is 11.4 Å². The maximum Gasteiger partial charge on any atom is 0.326 e. The van der Waals surface area contributed by atoms with E-state index in [1.54, 1.807) is 41.0 Å². The summed E-state index contributed by atoms with van der Waals surface area (Å²) in [5.41, 5.74) is 1.71. The minimum absolute atomic E-state index is 0.0606. The number of amides is 3. The van der Waals surface area contributed by atoms with Crippen LogP contribution in [0.3, 0.4) is 0 Å². The second-order valence-electron chi connectivity index (χ2n) is 8.44. The third kappa shape index (κ3) is 4.28. The quantitative estimate of drug-likeness (QED) is 0.500. The Labute approximate surface area is 207 Å². The molecule has 1 aromatic carbocycles. The van der Waals surface area contributed by atoms with Gasteiger partial charge in [0.25, 0.3) is 5.91 Å². The highest BCUT2D eigenvalue weighted by Crippen LogP contribution is 2.37. The van der Waals surface area contributed by atoms with Crippen molar-refractivity contribution < 1.29 is 19.1 Å². The second kappa shape index (κ2) is 9.77. The van der Waals surface area contributed by atoms with Crippen molar-refractivity contribution in [3.05, 3.63) is 36.3 Å². The summed E-state index contributed by atoms with van der Waals surface area (Å²) in [6.07, 6.45) is 2.42. The van der Waals surface area contributed by atoms with Crippen molar-refractivity contribution in [3.8, 4) is 17.1 Å². The largest absolute Gasteiger partial charge is 0.494 e. The summed E-state index contributed by atoms with van der Waals surface area (Å²) in [4.78, 5) is 33.4. The standard InChI is InChI=1S/C23H27N9O4/c1-24-22(33)19-17(26-16-6-4-5-15(20(16)35-3)21-25-13-30(2)29-21)11-18(27-28-19)32-9-8-31(23(32)34)14-7-10-36-12-14/h4-6,11,13-14H,7-10,12H2,1-3H3,(H,24,33)(H,26,27). The smallest absolute Gasteiger partial charge is 0.326 e. The molecule has 2 aliphatic rings. The van der Waals surface area contributed by atoms with E-state index in [0.29, 0.717) is 60.6 Å². The van der Waals surface area contributed by atoms with Crippen LogP contribution in [-0.2, 0) is 11.8 Å². The van der Waals surface area contributed by atoms with E-state index in [2.05, 4.69) is 30.9 Å². The Bertz CT molecular complexity index is 1290. The molecule has 0 aliphatic carbocycles. The number of urea groups is 1. The molecule has 2 aromatic heterocycles. The number of ether oxygens (including phenoxy) is 2. The summed E-state index contributed by atoms with van der Waals surface area (Å²) in [6, 6.07) is 7.04. The number of hydrogen-bond acceptors (Lipinski definition) is 9. The first-order chi connectivity index (χ1) is 17.5. The van der Waals surface area contributed by atoms with Crippen LogP contribution < -0.4 is 20.3 Å². The van der Waals surface area contributed by atoms with Gasteiger partial charge in [0.2, 0.25) is 0 Å². The Hall–Kier alpha value is -4.26. The van der Waals surface area contributed by atoms with E-state index in [9.17, 15) is 9.59 Å². The fraction of sp³-hybridized carbons (Fsp3) is 0.391. The fourth-order valence-corrected chi connectivity index (χ4v) is 4.41. The van der Waals surface area contributed by atoms with Crippen molar-refractivity contribution in [2.45, 2.75) is 12.5 Å². The lowest BCUT2D eigenvalue weighted by atomic mass is 10.1. The first-order valence-electron chi connectivity index (χ1n) is 11.6. The van der Waals surface area contributed by atoms with E-state index in [1.165, 1.54) is 7.05 Å². The lowest BCUT2D eigenvalue weighted by Crippen LogP contribution is -2.40. The van der Waals surface area contributed by atoms with Crippen LogP contribution in [0.5, 0.6) is 5.75 Å². The van der Waals surface area contributed by atoms with Crippen molar-refractivity contribution in [3.63, 3.8) is 0 Å². The molecule has 2 N–H and O–H groups in total. The number of hydrogen-bond donors (Lipinski definition) is 2. The first kappa shape index (κ1) is 23.5. The molecule has 5 rings (SSSR count). The number of nitrogens with one attached hydrogen (secondary N) is 2. The highest BCUT2D eigenvalue weighted by Gasteiger charge is 2.37. The minimum atomic E-state index is -0.421. The van der Waals surface area contributed by atoms with E-state index in [-0.39, 0.29) is 17.8 Å². The van der Waals surface area contributed by atoms with Crippen molar-refractivity contribution in [2.75, 3.05) is 50.7 Å². The molecule has 3 amide bonds. The van der Waals surface area contributed by atoms with Crippen LogP contribution in [0, 0.1) is 0 Å². The van der Waals surface area contributed by atoms with Gasteiger partial charge in [-0.05, 0) is 18.6 Å². The van der Waals surface area contributed by atoms with Gasteiger partial charge in [-0.15, -0.1) is 10.2 Å². The van der Waals surface area contributed by atoms with E-state index in [1.807, 2.05) is 18.2 Å². The minimum Gasteiger partial charge on any atom is -0.494 e. The Morgan fingerprint density at radius 2 is 2.08 bits per heavy atom. The van der Waals surface area contributed by atoms with Gasteiger partial charge in [-0.2, -0.15) is 5.10 Å². The molecule has 1 atom stereocenters. The van der Waals surface area contributed by atoms with Gasteiger partial charge in [0, 0.05) is 39.9 Å². The average molecular weight is 494 g/mol. The van der Waals surface area contributed by atoms with Gasteiger partial charge in [-0.1, -0.05) is 6.07 Å².